The van der Waals surface area contributed by atoms with E-state index in [1.807, 2.05) is 0 Å². The Hall–Kier alpha value is -1.53. The van der Waals surface area contributed by atoms with Gasteiger partial charge in [-0.2, -0.15) is 13.2 Å². The van der Waals surface area contributed by atoms with E-state index in [4.69, 9.17) is 11.6 Å². The molecular weight excluding hydrogens is 325 g/mol. The molecule has 0 spiro atoms. The molecule has 0 radical (unpaired) electrons. The zero-order valence-corrected chi connectivity index (χ0v) is 12.4. The first-order valence-electron chi connectivity index (χ1n) is 5.77. The van der Waals surface area contributed by atoms with Gasteiger partial charge in [0.1, 0.15) is 0 Å². The Morgan fingerprint density at radius 1 is 1.00 bits per heavy atom. The van der Waals surface area contributed by atoms with Crippen molar-refractivity contribution in [3.8, 4) is 11.1 Å². The molecule has 0 fully saturated rings. The molecule has 112 valence electrons. The highest BCUT2D eigenvalue weighted by Crippen LogP contribution is 2.43. The molecule has 7 heteroatoms. The molecule has 0 aliphatic heterocycles. The quantitative estimate of drug-likeness (QED) is 0.814. The predicted molar refractivity (Wildman–Crippen MR) is 75.0 cm³/mol. The second kappa shape index (κ2) is 5.35. The number of sulfone groups is 1. The van der Waals surface area contributed by atoms with Crippen molar-refractivity contribution >= 4 is 21.4 Å². The molecule has 0 bridgehead atoms. The first-order chi connectivity index (χ1) is 9.62. The van der Waals surface area contributed by atoms with Crippen LogP contribution >= 0.6 is 11.6 Å². The van der Waals surface area contributed by atoms with Gasteiger partial charge in [0.2, 0.25) is 0 Å². The van der Waals surface area contributed by atoms with Crippen LogP contribution in [0.25, 0.3) is 11.1 Å². The molecule has 2 rings (SSSR count). The van der Waals surface area contributed by atoms with Crippen molar-refractivity contribution in [2.75, 3.05) is 6.26 Å². The molecule has 0 N–H and O–H groups in total. The second-order valence-electron chi connectivity index (χ2n) is 4.44. The van der Waals surface area contributed by atoms with Gasteiger partial charge in [0, 0.05) is 6.26 Å². The van der Waals surface area contributed by atoms with E-state index in [1.54, 1.807) is 18.2 Å². The van der Waals surface area contributed by atoms with E-state index in [9.17, 15) is 21.6 Å². The van der Waals surface area contributed by atoms with Gasteiger partial charge in [-0.3, -0.25) is 0 Å². The van der Waals surface area contributed by atoms with Crippen molar-refractivity contribution in [3.63, 3.8) is 0 Å². The molecule has 2 nitrogen and oxygen atoms in total. The zero-order valence-electron chi connectivity index (χ0n) is 10.8. The van der Waals surface area contributed by atoms with E-state index in [1.165, 1.54) is 12.1 Å². The molecule has 0 saturated heterocycles. The van der Waals surface area contributed by atoms with Crippen LogP contribution < -0.4 is 0 Å². The number of halogens is 4. The molecule has 0 heterocycles. The largest absolute Gasteiger partial charge is 0.418 e. The van der Waals surface area contributed by atoms with Gasteiger partial charge in [-0.25, -0.2) is 8.42 Å². The maximum Gasteiger partial charge on any atom is 0.418 e. The van der Waals surface area contributed by atoms with E-state index in [2.05, 4.69) is 0 Å². The number of hydrogen-bond donors (Lipinski definition) is 0. The van der Waals surface area contributed by atoms with Crippen molar-refractivity contribution in [2.24, 2.45) is 0 Å². The second-order valence-corrected chi connectivity index (χ2v) is 6.80. The summed E-state index contributed by atoms with van der Waals surface area (Å²) in [7, 11) is -3.85. The molecule has 21 heavy (non-hydrogen) atoms. The van der Waals surface area contributed by atoms with E-state index >= 15 is 0 Å². The summed E-state index contributed by atoms with van der Waals surface area (Å²) in [4.78, 5) is -0.531. The standard InChI is InChI=1S/C14H10ClF3O2S/c1-21(19,20)11-8-7-10(9-5-3-2-4-6-9)12(13(11)15)14(16,17)18/h2-8H,1H3. The lowest BCUT2D eigenvalue weighted by atomic mass is 9.99. The summed E-state index contributed by atoms with van der Waals surface area (Å²) < 4.78 is 62.9. The molecular formula is C14H10ClF3O2S. The zero-order chi connectivity index (χ0) is 15.8. The van der Waals surface area contributed by atoms with Gasteiger partial charge >= 0.3 is 6.18 Å². The Morgan fingerprint density at radius 3 is 2.05 bits per heavy atom. The van der Waals surface area contributed by atoms with Crippen LogP contribution in [0.3, 0.4) is 0 Å². The molecule has 0 saturated carbocycles. The van der Waals surface area contributed by atoms with Gasteiger partial charge in [-0.15, -0.1) is 0 Å². The van der Waals surface area contributed by atoms with Crippen molar-refractivity contribution in [1.82, 2.24) is 0 Å². The Balaban J connectivity index is 2.83. The minimum absolute atomic E-state index is 0.152. The average molecular weight is 335 g/mol. The van der Waals surface area contributed by atoms with Crippen LogP contribution in [0, 0.1) is 0 Å². The summed E-state index contributed by atoms with van der Waals surface area (Å²) in [5.74, 6) is 0. The smallest absolute Gasteiger partial charge is 0.224 e. The van der Waals surface area contributed by atoms with Gasteiger partial charge < -0.3 is 0 Å². The van der Waals surface area contributed by atoms with Gasteiger partial charge in [-0.05, 0) is 17.2 Å². The highest BCUT2D eigenvalue weighted by Gasteiger charge is 2.38. The molecule has 2 aromatic rings. The van der Waals surface area contributed by atoms with E-state index in [0.29, 0.717) is 5.56 Å². The molecule has 0 amide bonds. The molecule has 0 aliphatic carbocycles. The van der Waals surface area contributed by atoms with Gasteiger partial charge in [0.05, 0.1) is 15.5 Å². The Bertz CT molecular complexity index is 769. The lowest BCUT2D eigenvalue weighted by Gasteiger charge is -2.17. The Kier molecular flexibility index (Phi) is 4.04. The lowest BCUT2D eigenvalue weighted by molar-refractivity contribution is -0.137. The van der Waals surface area contributed by atoms with Gasteiger partial charge in [0.25, 0.3) is 0 Å². The van der Waals surface area contributed by atoms with Crippen LogP contribution in [-0.2, 0) is 16.0 Å². The van der Waals surface area contributed by atoms with Crippen molar-refractivity contribution < 1.29 is 21.6 Å². The lowest BCUT2D eigenvalue weighted by Crippen LogP contribution is -2.11. The highest BCUT2D eigenvalue weighted by molar-refractivity contribution is 7.90. The van der Waals surface area contributed by atoms with E-state index < -0.39 is 31.5 Å². The first-order valence-corrected chi connectivity index (χ1v) is 8.04. The third-order valence-electron chi connectivity index (χ3n) is 2.87. The first kappa shape index (κ1) is 15.9. The topological polar surface area (TPSA) is 34.1 Å². The molecule has 0 aromatic heterocycles. The summed E-state index contributed by atoms with van der Waals surface area (Å²) >= 11 is 5.73. The fourth-order valence-corrected chi connectivity index (χ4v) is 3.41. The van der Waals surface area contributed by atoms with E-state index in [-0.39, 0.29) is 5.56 Å². The fourth-order valence-electron chi connectivity index (χ4n) is 1.98. The van der Waals surface area contributed by atoms with Crippen LogP contribution in [0.1, 0.15) is 5.56 Å². The third-order valence-corrected chi connectivity index (χ3v) is 4.52. The summed E-state index contributed by atoms with van der Waals surface area (Å²) in [5, 5.41) is -0.800. The van der Waals surface area contributed by atoms with Crippen LogP contribution in [0.15, 0.2) is 47.4 Å². The van der Waals surface area contributed by atoms with Crippen molar-refractivity contribution in [2.45, 2.75) is 11.1 Å². The fraction of sp³-hybridized carbons (Fsp3) is 0.143. The predicted octanol–water partition coefficient (Wildman–Crippen LogP) is 4.43. The van der Waals surface area contributed by atoms with Crippen molar-refractivity contribution in [3.05, 3.63) is 53.1 Å². The minimum Gasteiger partial charge on any atom is -0.224 e. The third kappa shape index (κ3) is 3.22. The van der Waals surface area contributed by atoms with E-state index in [0.717, 1.165) is 18.4 Å². The normalized spacial score (nSPS) is 12.4. The summed E-state index contributed by atoms with van der Waals surface area (Å²) in [6, 6.07) is 10.1. The summed E-state index contributed by atoms with van der Waals surface area (Å²) in [6.07, 6.45) is -3.94. The Morgan fingerprint density at radius 2 is 1.57 bits per heavy atom. The maximum atomic E-state index is 13.3. The van der Waals surface area contributed by atoms with Crippen LogP contribution in [-0.4, -0.2) is 14.7 Å². The highest BCUT2D eigenvalue weighted by atomic mass is 35.5. The summed E-state index contributed by atoms with van der Waals surface area (Å²) in [5.41, 5.74) is -0.981. The maximum absolute atomic E-state index is 13.3. The number of hydrogen-bond acceptors (Lipinski definition) is 2. The molecule has 0 atom stereocenters. The Labute approximate surface area is 125 Å². The van der Waals surface area contributed by atoms with Crippen LogP contribution in [0.4, 0.5) is 13.2 Å². The van der Waals surface area contributed by atoms with Crippen molar-refractivity contribution in [1.29, 1.82) is 0 Å². The molecule has 0 unspecified atom stereocenters. The van der Waals surface area contributed by atoms with Gasteiger partial charge in [-0.1, -0.05) is 48.0 Å². The monoisotopic (exact) mass is 334 g/mol. The molecule has 2 aromatic carbocycles. The van der Waals surface area contributed by atoms with Crippen LogP contribution in [0.2, 0.25) is 5.02 Å². The number of rotatable bonds is 2. The van der Waals surface area contributed by atoms with Crippen LogP contribution in [0.5, 0.6) is 0 Å². The minimum atomic E-state index is -4.76. The number of alkyl halides is 3. The SMILES string of the molecule is CS(=O)(=O)c1ccc(-c2ccccc2)c(C(F)(F)F)c1Cl. The molecule has 0 aliphatic rings. The van der Waals surface area contributed by atoms with Gasteiger partial charge in [0.15, 0.2) is 9.84 Å². The number of benzene rings is 2. The summed E-state index contributed by atoms with van der Waals surface area (Å²) in [6.45, 7) is 0. The average Bonchev–Trinajstić information content (AvgIpc) is 2.36.